The van der Waals surface area contributed by atoms with Crippen LogP contribution in [0.15, 0.2) is 18.5 Å². The molecule has 14 heavy (non-hydrogen) atoms. The van der Waals surface area contributed by atoms with Gasteiger partial charge < -0.3 is 10.8 Å². The lowest BCUT2D eigenvalue weighted by Gasteiger charge is -2.30. The normalized spacial score (nSPS) is 18.9. The Balaban J connectivity index is 1.99. The summed E-state index contributed by atoms with van der Waals surface area (Å²) in [5.74, 6) is 0.481. The van der Waals surface area contributed by atoms with Gasteiger partial charge in [0.25, 0.3) is 0 Å². The molecule has 0 aliphatic heterocycles. The third-order valence-corrected chi connectivity index (χ3v) is 3.06. The van der Waals surface area contributed by atoms with Crippen LogP contribution >= 0.6 is 0 Å². The SMILES string of the molecule is Nc1ccncc1CC(O)C1CCC1. The van der Waals surface area contributed by atoms with Crippen molar-refractivity contribution >= 4 is 5.69 Å². The van der Waals surface area contributed by atoms with Crippen molar-refractivity contribution in [3.63, 3.8) is 0 Å². The molecule has 1 atom stereocenters. The number of pyridine rings is 1. The summed E-state index contributed by atoms with van der Waals surface area (Å²) in [5.41, 5.74) is 7.48. The third-order valence-electron chi connectivity index (χ3n) is 3.06. The van der Waals surface area contributed by atoms with E-state index in [0.717, 1.165) is 24.1 Å². The third kappa shape index (κ3) is 1.87. The largest absolute Gasteiger partial charge is 0.398 e. The van der Waals surface area contributed by atoms with E-state index in [4.69, 9.17) is 5.73 Å². The van der Waals surface area contributed by atoms with Gasteiger partial charge in [0.2, 0.25) is 0 Å². The summed E-state index contributed by atoms with van der Waals surface area (Å²) in [6.45, 7) is 0. The number of hydrogen-bond donors (Lipinski definition) is 2. The molecule has 0 saturated heterocycles. The zero-order valence-corrected chi connectivity index (χ0v) is 8.19. The summed E-state index contributed by atoms with van der Waals surface area (Å²) in [6.07, 6.45) is 7.39. The Labute approximate surface area is 84.0 Å². The quantitative estimate of drug-likeness (QED) is 0.760. The molecule has 1 aromatic rings. The lowest BCUT2D eigenvalue weighted by molar-refractivity contribution is 0.0630. The number of nitrogen functional groups attached to an aromatic ring is 1. The summed E-state index contributed by atoms with van der Waals surface area (Å²) in [6, 6.07) is 1.78. The smallest absolute Gasteiger partial charge is 0.0610 e. The zero-order valence-electron chi connectivity index (χ0n) is 8.19. The maximum absolute atomic E-state index is 9.86. The van der Waals surface area contributed by atoms with Crippen molar-refractivity contribution in [1.29, 1.82) is 0 Å². The lowest BCUT2D eigenvalue weighted by atomic mass is 9.79. The van der Waals surface area contributed by atoms with Crippen molar-refractivity contribution in [2.45, 2.75) is 31.8 Å². The molecule has 1 aromatic heterocycles. The van der Waals surface area contributed by atoms with Gasteiger partial charge in [-0.15, -0.1) is 0 Å². The fourth-order valence-corrected chi connectivity index (χ4v) is 1.83. The number of aromatic nitrogens is 1. The van der Waals surface area contributed by atoms with Crippen molar-refractivity contribution in [2.24, 2.45) is 5.92 Å². The highest BCUT2D eigenvalue weighted by Gasteiger charge is 2.25. The van der Waals surface area contributed by atoms with Gasteiger partial charge in [-0.3, -0.25) is 4.98 Å². The highest BCUT2D eigenvalue weighted by Crippen LogP contribution is 2.31. The average molecular weight is 192 g/mol. The molecule has 2 rings (SSSR count). The van der Waals surface area contributed by atoms with Gasteiger partial charge in [0, 0.05) is 24.5 Å². The van der Waals surface area contributed by atoms with E-state index >= 15 is 0 Å². The predicted octanol–water partition coefficient (Wildman–Crippen LogP) is 1.37. The Morgan fingerprint density at radius 3 is 2.93 bits per heavy atom. The second-order valence-corrected chi connectivity index (χ2v) is 4.04. The van der Waals surface area contributed by atoms with Gasteiger partial charge in [0.15, 0.2) is 0 Å². The number of aliphatic hydroxyl groups is 1. The van der Waals surface area contributed by atoms with Gasteiger partial charge in [-0.25, -0.2) is 0 Å². The van der Waals surface area contributed by atoms with E-state index in [9.17, 15) is 5.11 Å². The van der Waals surface area contributed by atoms with Crippen LogP contribution in [-0.4, -0.2) is 16.2 Å². The molecule has 3 nitrogen and oxygen atoms in total. The van der Waals surface area contributed by atoms with Gasteiger partial charge in [-0.1, -0.05) is 6.42 Å². The van der Waals surface area contributed by atoms with Crippen molar-refractivity contribution < 1.29 is 5.11 Å². The van der Waals surface area contributed by atoms with E-state index in [1.54, 1.807) is 18.5 Å². The topological polar surface area (TPSA) is 59.1 Å². The Morgan fingerprint density at radius 2 is 2.36 bits per heavy atom. The van der Waals surface area contributed by atoms with E-state index in [0.29, 0.717) is 12.3 Å². The number of hydrogen-bond acceptors (Lipinski definition) is 3. The Kier molecular flexibility index (Phi) is 2.68. The lowest BCUT2D eigenvalue weighted by Crippen LogP contribution is -2.28. The maximum Gasteiger partial charge on any atom is 0.0610 e. The second-order valence-electron chi connectivity index (χ2n) is 4.04. The van der Waals surface area contributed by atoms with Crippen LogP contribution in [0.4, 0.5) is 5.69 Å². The Bertz CT molecular complexity index is 310. The van der Waals surface area contributed by atoms with Gasteiger partial charge >= 0.3 is 0 Å². The summed E-state index contributed by atoms with van der Waals surface area (Å²) >= 11 is 0. The Morgan fingerprint density at radius 1 is 1.57 bits per heavy atom. The average Bonchev–Trinajstić information content (AvgIpc) is 2.05. The molecule has 3 N–H and O–H groups in total. The van der Waals surface area contributed by atoms with Crippen LogP contribution in [0.2, 0.25) is 0 Å². The van der Waals surface area contributed by atoms with Crippen molar-refractivity contribution in [3.05, 3.63) is 24.0 Å². The van der Waals surface area contributed by atoms with E-state index in [1.807, 2.05) is 0 Å². The summed E-state index contributed by atoms with van der Waals surface area (Å²) in [7, 11) is 0. The number of rotatable bonds is 3. The highest BCUT2D eigenvalue weighted by molar-refractivity contribution is 5.44. The van der Waals surface area contributed by atoms with Crippen molar-refractivity contribution in [3.8, 4) is 0 Å². The second kappa shape index (κ2) is 3.96. The van der Waals surface area contributed by atoms with Crippen LogP contribution in [0.3, 0.4) is 0 Å². The molecule has 1 saturated carbocycles. The number of aliphatic hydroxyl groups excluding tert-OH is 1. The van der Waals surface area contributed by atoms with Crippen LogP contribution in [0.25, 0.3) is 0 Å². The molecule has 1 aliphatic carbocycles. The fraction of sp³-hybridized carbons (Fsp3) is 0.545. The molecule has 1 aliphatic rings. The van der Waals surface area contributed by atoms with Crippen molar-refractivity contribution in [2.75, 3.05) is 5.73 Å². The van der Waals surface area contributed by atoms with Crippen molar-refractivity contribution in [1.82, 2.24) is 4.98 Å². The van der Waals surface area contributed by atoms with Crippen LogP contribution < -0.4 is 5.73 Å². The molecular formula is C11H16N2O. The molecule has 0 amide bonds. The van der Waals surface area contributed by atoms with E-state index in [1.165, 1.54) is 6.42 Å². The fourth-order valence-electron chi connectivity index (χ4n) is 1.83. The molecule has 0 bridgehead atoms. The molecule has 1 unspecified atom stereocenters. The van der Waals surface area contributed by atoms with Gasteiger partial charge in [0.1, 0.15) is 0 Å². The van der Waals surface area contributed by atoms with Crippen LogP contribution in [0.5, 0.6) is 0 Å². The van der Waals surface area contributed by atoms with Crippen LogP contribution in [-0.2, 0) is 6.42 Å². The summed E-state index contributed by atoms with van der Waals surface area (Å²) < 4.78 is 0. The maximum atomic E-state index is 9.86. The van der Waals surface area contributed by atoms with Crippen LogP contribution in [0, 0.1) is 5.92 Å². The first kappa shape index (κ1) is 9.46. The highest BCUT2D eigenvalue weighted by atomic mass is 16.3. The molecule has 1 fully saturated rings. The molecule has 0 spiro atoms. The predicted molar refractivity (Wildman–Crippen MR) is 55.7 cm³/mol. The summed E-state index contributed by atoms with van der Waals surface area (Å²) in [4.78, 5) is 4.01. The van der Waals surface area contributed by atoms with Gasteiger partial charge in [0.05, 0.1) is 6.10 Å². The van der Waals surface area contributed by atoms with E-state index < -0.39 is 0 Å². The summed E-state index contributed by atoms with van der Waals surface area (Å²) in [5, 5.41) is 9.86. The van der Waals surface area contributed by atoms with Gasteiger partial charge in [-0.05, 0) is 30.4 Å². The minimum Gasteiger partial charge on any atom is -0.398 e. The van der Waals surface area contributed by atoms with Crippen LogP contribution in [0.1, 0.15) is 24.8 Å². The minimum absolute atomic E-state index is 0.241. The molecule has 76 valence electrons. The number of nitrogens with zero attached hydrogens (tertiary/aromatic N) is 1. The standard InChI is InChI=1S/C11H16N2O/c12-10-4-5-13-7-9(10)6-11(14)8-2-1-3-8/h4-5,7-8,11,14H,1-3,6H2,(H2,12,13). The number of anilines is 1. The molecule has 3 heteroatoms. The van der Waals surface area contributed by atoms with E-state index in [-0.39, 0.29) is 6.10 Å². The first-order chi connectivity index (χ1) is 6.77. The molecule has 0 aromatic carbocycles. The minimum atomic E-state index is -0.241. The first-order valence-electron chi connectivity index (χ1n) is 5.14. The first-order valence-corrected chi connectivity index (χ1v) is 5.14. The van der Waals surface area contributed by atoms with E-state index in [2.05, 4.69) is 4.98 Å². The zero-order chi connectivity index (χ0) is 9.97. The van der Waals surface area contributed by atoms with Gasteiger partial charge in [-0.2, -0.15) is 0 Å². The Hall–Kier alpha value is -1.09. The molecule has 1 heterocycles. The monoisotopic (exact) mass is 192 g/mol. The number of nitrogens with two attached hydrogens (primary N) is 1. The molecular weight excluding hydrogens is 176 g/mol. The molecule has 0 radical (unpaired) electrons.